The molecule has 1 aliphatic rings. The number of ether oxygens (including phenoxy) is 1. The van der Waals surface area contributed by atoms with Gasteiger partial charge in [-0.05, 0) is 50.4 Å². The lowest BCUT2D eigenvalue weighted by Crippen LogP contribution is -2.28. The minimum atomic E-state index is -0.249. The number of rotatable bonds is 4. The Morgan fingerprint density at radius 3 is 2.76 bits per heavy atom. The zero-order valence-electron chi connectivity index (χ0n) is 9.89. The van der Waals surface area contributed by atoms with E-state index >= 15 is 0 Å². The second-order valence-corrected chi connectivity index (χ2v) is 4.35. The van der Waals surface area contributed by atoms with Crippen molar-refractivity contribution >= 4 is 5.97 Å². The maximum Gasteiger partial charge on any atom is 0.338 e. The number of piperidine rings is 1. The van der Waals surface area contributed by atoms with Crippen molar-refractivity contribution in [1.29, 1.82) is 0 Å². The highest BCUT2D eigenvalue weighted by molar-refractivity contribution is 5.89. The summed E-state index contributed by atoms with van der Waals surface area (Å²) in [4.78, 5) is 15.5. The molecule has 2 rings (SSSR count). The van der Waals surface area contributed by atoms with E-state index in [0.29, 0.717) is 18.1 Å². The highest BCUT2D eigenvalue weighted by atomic mass is 16.5. The van der Waals surface area contributed by atoms with Gasteiger partial charge in [-0.3, -0.25) is 4.98 Å². The van der Waals surface area contributed by atoms with Gasteiger partial charge in [-0.25, -0.2) is 4.79 Å². The summed E-state index contributed by atoms with van der Waals surface area (Å²) in [6.45, 7) is 2.69. The fraction of sp³-hybridized carbons (Fsp3) is 0.538. The van der Waals surface area contributed by atoms with Crippen molar-refractivity contribution < 1.29 is 9.53 Å². The molecule has 0 unspecified atom stereocenters. The minimum Gasteiger partial charge on any atom is -0.462 e. The first-order valence-corrected chi connectivity index (χ1v) is 6.14. The Kier molecular flexibility index (Phi) is 4.50. The zero-order chi connectivity index (χ0) is 11.9. The van der Waals surface area contributed by atoms with Crippen molar-refractivity contribution in [3.63, 3.8) is 0 Å². The van der Waals surface area contributed by atoms with Crippen LogP contribution in [0.5, 0.6) is 0 Å². The van der Waals surface area contributed by atoms with E-state index < -0.39 is 0 Å². The molecule has 92 valence electrons. The predicted octanol–water partition coefficient (Wildman–Crippen LogP) is 1.63. The average Bonchev–Trinajstić information content (AvgIpc) is 2.41. The molecule has 0 spiro atoms. The van der Waals surface area contributed by atoms with Crippen LogP contribution in [0.3, 0.4) is 0 Å². The number of hydrogen-bond acceptors (Lipinski definition) is 4. The molecule has 1 aliphatic heterocycles. The van der Waals surface area contributed by atoms with E-state index in [2.05, 4.69) is 10.3 Å². The van der Waals surface area contributed by atoms with Gasteiger partial charge in [-0.2, -0.15) is 0 Å². The van der Waals surface area contributed by atoms with E-state index in [1.807, 2.05) is 0 Å². The van der Waals surface area contributed by atoms with Gasteiger partial charge in [0.1, 0.15) is 0 Å². The summed E-state index contributed by atoms with van der Waals surface area (Å²) in [5.41, 5.74) is 0.574. The van der Waals surface area contributed by atoms with Crippen LogP contribution in [-0.2, 0) is 4.74 Å². The second-order valence-electron chi connectivity index (χ2n) is 4.35. The van der Waals surface area contributed by atoms with Crippen LogP contribution < -0.4 is 5.32 Å². The first kappa shape index (κ1) is 12.0. The largest absolute Gasteiger partial charge is 0.462 e. The number of esters is 1. The van der Waals surface area contributed by atoms with E-state index in [0.717, 1.165) is 19.5 Å². The number of nitrogens with one attached hydrogen (secondary N) is 1. The lowest BCUT2D eigenvalue weighted by Gasteiger charge is -2.22. The average molecular weight is 234 g/mol. The Balaban J connectivity index is 1.69. The van der Waals surface area contributed by atoms with Gasteiger partial charge in [-0.1, -0.05) is 0 Å². The smallest absolute Gasteiger partial charge is 0.338 e. The molecule has 0 aromatic carbocycles. The molecule has 17 heavy (non-hydrogen) atoms. The van der Waals surface area contributed by atoms with Crippen LogP contribution in [-0.4, -0.2) is 30.6 Å². The van der Waals surface area contributed by atoms with Gasteiger partial charge in [0.2, 0.25) is 0 Å². The van der Waals surface area contributed by atoms with Crippen molar-refractivity contribution in [3.8, 4) is 0 Å². The van der Waals surface area contributed by atoms with Crippen LogP contribution in [0.15, 0.2) is 24.5 Å². The van der Waals surface area contributed by atoms with E-state index in [-0.39, 0.29) is 5.97 Å². The van der Waals surface area contributed by atoms with Crippen molar-refractivity contribution in [2.24, 2.45) is 5.92 Å². The van der Waals surface area contributed by atoms with Gasteiger partial charge in [-0.15, -0.1) is 0 Å². The molecule has 0 bridgehead atoms. The number of carbonyl (C=O) groups is 1. The summed E-state index contributed by atoms with van der Waals surface area (Å²) < 4.78 is 5.24. The standard InChI is InChI=1S/C13H18N2O2/c16-13(12-3-8-15-9-4-12)17-10-5-11-1-6-14-7-2-11/h3-4,8-9,11,14H,1-2,5-7,10H2. The summed E-state index contributed by atoms with van der Waals surface area (Å²) >= 11 is 0. The lowest BCUT2D eigenvalue weighted by atomic mass is 9.95. The molecule has 0 aliphatic carbocycles. The van der Waals surface area contributed by atoms with E-state index in [9.17, 15) is 4.79 Å². The molecule has 0 atom stereocenters. The van der Waals surface area contributed by atoms with Crippen LogP contribution in [0.1, 0.15) is 29.6 Å². The van der Waals surface area contributed by atoms with Gasteiger partial charge >= 0.3 is 5.97 Å². The maximum absolute atomic E-state index is 11.6. The van der Waals surface area contributed by atoms with Crippen LogP contribution in [0.25, 0.3) is 0 Å². The fourth-order valence-corrected chi connectivity index (χ4v) is 2.06. The number of hydrogen-bond donors (Lipinski definition) is 1. The lowest BCUT2D eigenvalue weighted by molar-refractivity contribution is 0.0476. The molecular weight excluding hydrogens is 216 g/mol. The van der Waals surface area contributed by atoms with Crippen molar-refractivity contribution in [1.82, 2.24) is 10.3 Å². The van der Waals surface area contributed by atoms with Gasteiger partial charge in [0.05, 0.1) is 12.2 Å². The number of carbonyl (C=O) groups excluding carboxylic acids is 1. The van der Waals surface area contributed by atoms with Crippen LogP contribution in [0.4, 0.5) is 0 Å². The molecule has 4 heteroatoms. The number of aromatic nitrogens is 1. The van der Waals surface area contributed by atoms with Crippen LogP contribution in [0, 0.1) is 5.92 Å². The molecule has 1 saturated heterocycles. The molecule has 0 amide bonds. The summed E-state index contributed by atoms with van der Waals surface area (Å²) in [7, 11) is 0. The highest BCUT2D eigenvalue weighted by Crippen LogP contribution is 2.15. The number of pyridine rings is 1. The van der Waals surface area contributed by atoms with E-state index in [1.165, 1.54) is 12.8 Å². The Bertz CT molecular complexity index is 348. The van der Waals surface area contributed by atoms with E-state index in [4.69, 9.17) is 4.74 Å². The van der Waals surface area contributed by atoms with Crippen molar-refractivity contribution in [2.45, 2.75) is 19.3 Å². The third kappa shape index (κ3) is 3.82. The zero-order valence-corrected chi connectivity index (χ0v) is 9.89. The molecular formula is C13H18N2O2. The molecule has 0 radical (unpaired) electrons. The monoisotopic (exact) mass is 234 g/mol. The third-order valence-corrected chi connectivity index (χ3v) is 3.13. The fourth-order valence-electron chi connectivity index (χ4n) is 2.06. The van der Waals surface area contributed by atoms with Gasteiger partial charge in [0.25, 0.3) is 0 Å². The summed E-state index contributed by atoms with van der Waals surface area (Å²) in [6.07, 6.45) is 6.55. The predicted molar refractivity (Wildman–Crippen MR) is 64.7 cm³/mol. The molecule has 4 nitrogen and oxygen atoms in total. The highest BCUT2D eigenvalue weighted by Gasteiger charge is 2.14. The Morgan fingerprint density at radius 2 is 2.06 bits per heavy atom. The quantitative estimate of drug-likeness (QED) is 0.804. The molecule has 0 saturated carbocycles. The molecule has 1 fully saturated rings. The summed E-state index contributed by atoms with van der Waals surface area (Å²) in [5, 5.41) is 3.33. The third-order valence-electron chi connectivity index (χ3n) is 3.13. The summed E-state index contributed by atoms with van der Waals surface area (Å²) in [5.74, 6) is 0.447. The molecule has 1 N–H and O–H groups in total. The van der Waals surface area contributed by atoms with E-state index in [1.54, 1.807) is 24.5 Å². The normalized spacial score (nSPS) is 16.7. The molecule has 1 aromatic heterocycles. The van der Waals surface area contributed by atoms with Gasteiger partial charge in [0.15, 0.2) is 0 Å². The summed E-state index contributed by atoms with van der Waals surface area (Å²) in [6, 6.07) is 3.35. The van der Waals surface area contributed by atoms with Crippen LogP contribution >= 0.6 is 0 Å². The Morgan fingerprint density at radius 1 is 1.35 bits per heavy atom. The first-order valence-electron chi connectivity index (χ1n) is 6.14. The second kappa shape index (κ2) is 6.35. The molecule has 2 heterocycles. The maximum atomic E-state index is 11.6. The topological polar surface area (TPSA) is 51.2 Å². The van der Waals surface area contributed by atoms with Crippen molar-refractivity contribution in [3.05, 3.63) is 30.1 Å². The van der Waals surface area contributed by atoms with Crippen molar-refractivity contribution in [2.75, 3.05) is 19.7 Å². The first-order chi connectivity index (χ1) is 8.36. The SMILES string of the molecule is O=C(OCCC1CCNCC1)c1ccncc1. The Hall–Kier alpha value is -1.42. The number of nitrogens with zero attached hydrogens (tertiary/aromatic N) is 1. The Labute approximate surface area is 101 Å². The van der Waals surface area contributed by atoms with Gasteiger partial charge in [0, 0.05) is 12.4 Å². The van der Waals surface area contributed by atoms with Gasteiger partial charge < -0.3 is 10.1 Å². The minimum absolute atomic E-state index is 0.249. The molecule has 1 aromatic rings. The van der Waals surface area contributed by atoms with Crippen LogP contribution in [0.2, 0.25) is 0 Å².